The van der Waals surface area contributed by atoms with Gasteiger partial charge in [0.1, 0.15) is 11.6 Å². The van der Waals surface area contributed by atoms with Crippen LogP contribution >= 0.6 is 0 Å². The molecule has 1 aromatic carbocycles. The van der Waals surface area contributed by atoms with Crippen molar-refractivity contribution in [3.63, 3.8) is 0 Å². The summed E-state index contributed by atoms with van der Waals surface area (Å²) in [6.45, 7) is 1.66. The molecule has 0 aliphatic carbocycles. The summed E-state index contributed by atoms with van der Waals surface area (Å²) in [6.07, 6.45) is 1.52. The van der Waals surface area contributed by atoms with Gasteiger partial charge in [0.2, 0.25) is 0 Å². The van der Waals surface area contributed by atoms with Crippen LogP contribution in [0.15, 0.2) is 34.9 Å². The van der Waals surface area contributed by atoms with Crippen molar-refractivity contribution in [2.75, 3.05) is 7.11 Å². The molecular weight excluding hydrogens is 223 g/mol. The van der Waals surface area contributed by atoms with Gasteiger partial charge in [-0.25, -0.2) is 9.18 Å². The predicted octanol–water partition coefficient (Wildman–Crippen LogP) is 3.18. The van der Waals surface area contributed by atoms with Gasteiger partial charge in [-0.1, -0.05) is 0 Å². The number of hydrogen-bond donors (Lipinski definition) is 0. The fraction of sp³-hybridized carbons (Fsp3) is 0.154. The van der Waals surface area contributed by atoms with Crippen LogP contribution < -0.4 is 0 Å². The first kappa shape index (κ1) is 11.4. The Hall–Kier alpha value is -2.10. The van der Waals surface area contributed by atoms with E-state index in [0.717, 1.165) is 0 Å². The minimum Gasteiger partial charge on any atom is -0.465 e. The number of esters is 1. The maximum atomic E-state index is 13.6. The Labute approximate surface area is 97.8 Å². The molecule has 88 valence electrons. The summed E-state index contributed by atoms with van der Waals surface area (Å²) < 4.78 is 23.4. The number of hydrogen-bond acceptors (Lipinski definition) is 3. The van der Waals surface area contributed by atoms with Crippen LogP contribution in [-0.2, 0) is 4.74 Å². The first-order chi connectivity index (χ1) is 8.15. The highest BCUT2D eigenvalue weighted by Crippen LogP contribution is 2.28. The van der Waals surface area contributed by atoms with Crippen LogP contribution in [-0.4, -0.2) is 13.1 Å². The number of halogens is 1. The third-order valence-corrected chi connectivity index (χ3v) is 2.59. The van der Waals surface area contributed by atoms with Gasteiger partial charge in [0.15, 0.2) is 0 Å². The van der Waals surface area contributed by atoms with Crippen LogP contribution in [0.4, 0.5) is 4.39 Å². The smallest absolute Gasteiger partial charge is 0.341 e. The van der Waals surface area contributed by atoms with Crippen molar-refractivity contribution in [1.82, 2.24) is 0 Å². The second kappa shape index (κ2) is 4.41. The largest absolute Gasteiger partial charge is 0.465 e. The fourth-order valence-electron chi connectivity index (χ4n) is 1.73. The van der Waals surface area contributed by atoms with E-state index in [9.17, 15) is 9.18 Å². The summed E-state index contributed by atoms with van der Waals surface area (Å²) in [4.78, 5) is 11.5. The lowest BCUT2D eigenvalue weighted by Crippen LogP contribution is -2.07. The van der Waals surface area contributed by atoms with Crippen molar-refractivity contribution in [2.24, 2.45) is 0 Å². The summed E-state index contributed by atoms with van der Waals surface area (Å²) in [6, 6.07) is 6.30. The monoisotopic (exact) mass is 234 g/mol. The average Bonchev–Trinajstić information content (AvgIpc) is 2.82. The van der Waals surface area contributed by atoms with E-state index < -0.39 is 11.8 Å². The van der Waals surface area contributed by atoms with E-state index in [0.29, 0.717) is 16.9 Å². The van der Waals surface area contributed by atoms with Crippen LogP contribution in [0.25, 0.3) is 11.3 Å². The second-order valence-electron chi connectivity index (χ2n) is 3.56. The Balaban J connectivity index is 2.62. The quantitative estimate of drug-likeness (QED) is 0.749. The highest BCUT2D eigenvalue weighted by atomic mass is 19.1. The predicted molar refractivity (Wildman–Crippen MR) is 60.2 cm³/mol. The molecule has 17 heavy (non-hydrogen) atoms. The first-order valence-corrected chi connectivity index (χ1v) is 5.06. The number of furan rings is 1. The number of methoxy groups -OCH3 is 1. The average molecular weight is 234 g/mol. The minimum absolute atomic E-state index is 0.0543. The van der Waals surface area contributed by atoms with Gasteiger partial charge >= 0.3 is 5.97 Å². The van der Waals surface area contributed by atoms with Crippen molar-refractivity contribution in [2.45, 2.75) is 6.92 Å². The van der Waals surface area contributed by atoms with Crippen molar-refractivity contribution >= 4 is 5.97 Å². The van der Waals surface area contributed by atoms with E-state index >= 15 is 0 Å². The van der Waals surface area contributed by atoms with Gasteiger partial charge in [-0.15, -0.1) is 0 Å². The lowest BCUT2D eigenvalue weighted by molar-refractivity contribution is 0.0594. The van der Waals surface area contributed by atoms with Gasteiger partial charge in [0.25, 0.3) is 0 Å². The van der Waals surface area contributed by atoms with Gasteiger partial charge in [-0.2, -0.15) is 0 Å². The molecule has 4 heteroatoms. The topological polar surface area (TPSA) is 39.4 Å². The van der Waals surface area contributed by atoms with Crippen LogP contribution in [0.3, 0.4) is 0 Å². The Morgan fingerprint density at radius 3 is 2.71 bits per heavy atom. The number of benzene rings is 1. The molecule has 0 aliphatic rings. The molecule has 0 atom stereocenters. The zero-order chi connectivity index (χ0) is 12.4. The van der Waals surface area contributed by atoms with E-state index in [1.165, 1.54) is 19.4 Å². The maximum Gasteiger partial charge on any atom is 0.341 e. The zero-order valence-electron chi connectivity index (χ0n) is 9.49. The van der Waals surface area contributed by atoms with Gasteiger partial charge in [-0.3, -0.25) is 0 Å². The molecule has 0 saturated heterocycles. The highest BCUT2D eigenvalue weighted by molar-refractivity contribution is 5.93. The molecule has 0 spiro atoms. The molecule has 0 N–H and O–H groups in total. The normalized spacial score (nSPS) is 10.3. The Morgan fingerprint density at radius 2 is 2.12 bits per heavy atom. The molecule has 3 nitrogen and oxygen atoms in total. The summed E-state index contributed by atoms with van der Waals surface area (Å²) >= 11 is 0. The standard InChI is InChI=1S/C13H11FO3/c1-8-9(11-4-3-7-17-11)5-6-10(14)12(8)13(15)16-2/h3-7H,1-2H3. The van der Waals surface area contributed by atoms with Gasteiger partial charge in [-0.05, 0) is 36.8 Å². The van der Waals surface area contributed by atoms with E-state index in [1.54, 1.807) is 25.1 Å². The molecule has 2 rings (SSSR count). The van der Waals surface area contributed by atoms with Crippen LogP contribution in [0.5, 0.6) is 0 Å². The number of carbonyl (C=O) groups is 1. The Bertz CT molecular complexity index is 544. The van der Waals surface area contributed by atoms with Gasteiger partial charge in [0.05, 0.1) is 18.9 Å². The summed E-state index contributed by atoms with van der Waals surface area (Å²) in [5, 5.41) is 0. The molecule has 0 bridgehead atoms. The minimum atomic E-state index is -0.687. The van der Waals surface area contributed by atoms with Crippen molar-refractivity contribution in [3.05, 3.63) is 47.5 Å². The second-order valence-corrected chi connectivity index (χ2v) is 3.56. The van der Waals surface area contributed by atoms with Crippen LogP contribution in [0.2, 0.25) is 0 Å². The summed E-state index contributed by atoms with van der Waals surface area (Å²) in [5.41, 5.74) is 1.13. The number of rotatable bonds is 2. The molecule has 0 amide bonds. The molecule has 0 saturated carbocycles. The molecule has 1 aromatic heterocycles. The SMILES string of the molecule is COC(=O)c1c(F)ccc(-c2ccco2)c1C. The van der Waals surface area contributed by atoms with Gasteiger partial charge in [0, 0.05) is 5.56 Å². The molecule has 0 fully saturated rings. The molecule has 1 heterocycles. The fourth-order valence-corrected chi connectivity index (χ4v) is 1.73. The van der Waals surface area contributed by atoms with Crippen molar-refractivity contribution < 1.29 is 18.3 Å². The summed E-state index contributed by atoms with van der Waals surface area (Å²) in [5.74, 6) is -0.689. The Morgan fingerprint density at radius 1 is 1.35 bits per heavy atom. The van der Waals surface area contributed by atoms with E-state index in [4.69, 9.17) is 4.42 Å². The zero-order valence-corrected chi connectivity index (χ0v) is 9.49. The molecule has 0 radical (unpaired) electrons. The van der Waals surface area contributed by atoms with E-state index in [2.05, 4.69) is 4.74 Å². The van der Waals surface area contributed by atoms with Crippen molar-refractivity contribution in [3.8, 4) is 11.3 Å². The molecule has 2 aromatic rings. The molecular formula is C13H11FO3. The third kappa shape index (κ3) is 1.93. The van der Waals surface area contributed by atoms with Gasteiger partial charge < -0.3 is 9.15 Å². The molecule has 0 aliphatic heterocycles. The lowest BCUT2D eigenvalue weighted by atomic mass is 10.00. The summed E-state index contributed by atoms with van der Waals surface area (Å²) in [7, 11) is 1.22. The first-order valence-electron chi connectivity index (χ1n) is 5.06. The van der Waals surface area contributed by atoms with Crippen molar-refractivity contribution in [1.29, 1.82) is 0 Å². The lowest BCUT2D eigenvalue weighted by Gasteiger charge is -2.09. The molecule has 0 unspecified atom stereocenters. The third-order valence-electron chi connectivity index (χ3n) is 2.59. The van der Waals surface area contributed by atoms with E-state index in [-0.39, 0.29) is 5.56 Å². The number of carbonyl (C=O) groups excluding carboxylic acids is 1. The number of ether oxygens (including phenoxy) is 1. The maximum absolute atomic E-state index is 13.6. The Kier molecular flexibility index (Phi) is 2.95. The highest BCUT2D eigenvalue weighted by Gasteiger charge is 2.19. The van der Waals surface area contributed by atoms with Crippen LogP contribution in [0, 0.1) is 12.7 Å². The van der Waals surface area contributed by atoms with E-state index in [1.807, 2.05) is 0 Å². The van der Waals surface area contributed by atoms with Crippen LogP contribution in [0.1, 0.15) is 15.9 Å².